The first-order valence-corrected chi connectivity index (χ1v) is 7.84. The van der Waals surface area contributed by atoms with Crippen LogP contribution in [0.3, 0.4) is 0 Å². The van der Waals surface area contributed by atoms with E-state index in [-0.39, 0.29) is 6.04 Å². The summed E-state index contributed by atoms with van der Waals surface area (Å²) in [5.41, 5.74) is 6.10. The Bertz CT molecular complexity index is 427. The van der Waals surface area contributed by atoms with Crippen LogP contribution in [0.2, 0.25) is 0 Å². The molecule has 3 unspecified atom stereocenters. The lowest BCUT2D eigenvalue weighted by molar-refractivity contribution is 0.118. The Morgan fingerprint density at radius 2 is 1.50 bits per heavy atom. The van der Waals surface area contributed by atoms with Crippen LogP contribution in [0.5, 0.6) is 0 Å². The van der Waals surface area contributed by atoms with Gasteiger partial charge in [0.2, 0.25) is 0 Å². The smallest absolute Gasteiger partial charge is 0.0948 e. The second kappa shape index (κ2) is 7.24. The summed E-state index contributed by atoms with van der Waals surface area (Å²) in [6, 6.07) is 2.76. The van der Waals surface area contributed by atoms with Crippen molar-refractivity contribution in [2.75, 3.05) is 0 Å². The van der Waals surface area contributed by atoms with Gasteiger partial charge in [0, 0.05) is 12.1 Å². The molecule has 0 aromatic heterocycles. The fraction of sp³-hybridized carbons (Fsp3) is 0.667. The lowest BCUT2D eigenvalue weighted by Gasteiger charge is -2.29. The van der Waals surface area contributed by atoms with Gasteiger partial charge in [-0.3, -0.25) is 0 Å². The molecule has 20 heavy (non-hydrogen) atoms. The van der Waals surface area contributed by atoms with Crippen molar-refractivity contribution < 1.29 is 5.11 Å². The predicted octanol–water partition coefficient (Wildman–Crippen LogP) is 4.12. The predicted molar refractivity (Wildman–Crippen MR) is 87.3 cm³/mol. The average Bonchev–Trinajstić information content (AvgIpc) is 2.42. The molecule has 1 aromatic rings. The van der Waals surface area contributed by atoms with Crippen LogP contribution in [0.15, 0.2) is 6.07 Å². The van der Waals surface area contributed by atoms with Crippen molar-refractivity contribution in [1.82, 2.24) is 5.32 Å². The Labute approximate surface area is 124 Å². The van der Waals surface area contributed by atoms with Crippen molar-refractivity contribution in [1.29, 1.82) is 0 Å². The average molecular weight is 277 g/mol. The fourth-order valence-electron chi connectivity index (χ4n) is 2.81. The number of aryl methyl sites for hydroxylation is 2. The third-order valence-electron chi connectivity index (χ3n) is 4.65. The molecular formula is C18H31NO. The molecule has 3 atom stereocenters. The number of hydrogen-bond donors (Lipinski definition) is 2. The van der Waals surface area contributed by atoms with E-state index in [1.165, 1.54) is 22.3 Å². The number of nitrogens with one attached hydrogen (secondary N) is 1. The van der Waals surface area contributed by atoms with Gasteiger partial charge in [-0.15, -0.1) is 0 Å². The lowest BCUT2D eigenvalue weighted by Crippen LogP contribution is -2.40. The van der Waals surface area contributed by atoms with Gasteiger partial charge in [0.05, 0.1) is 6.10 Å². The molecule has 0 aliphatic carbocycles. The molecule has 0 bridgehead atoms. The Morgan fingerprint density at radius 1 is 1.00 bits per heavy atom. The van der Waals surface area contributed by atoms with Crippen molar-refractivity contribution >= 4 is 0 Å². The van der Waals surface area contributed by atoms with Gasteiger partial charge in [-0.2, -0.15) is 0 Å². The maximum atomic E-state index is 10.9. The summed E-state index contributed by atoms with van der Waals surface area (Å²) in [6.07, 6.45) is 1.57. The molecule has 1 rings (SSSR count). The van der Waals surface area contributed by atoms with Crippen molar-refractivity contribution in [3.8, 4) is 0 Å². The molecule has 0 saturated heterocycles. The molecule has 0 saturated carbocycles. The highest BCUT2D eigenvalue weighted by Gasteiger charge is 2.24. The molecule has 0 heterocycles. The molecule has 2 N–H and O–H groups in total. The SMILES string of the molecule is CCC(C)NC(CC)C(O)c1c(C)c(C)cc(C)c1C. The number of rotatable bonds is 6. The van der Waals surface area contributed by atoms with E-state index in [0.717, 1.165) is 18.4 Å². The second-order valence-electron chi connectivity index (χ2n) is 6.11. The second-order valence-corrected chi connectivity index (χ2v) is 6.11. The Hall–Kier alpha value is -0.860. The van der Waals surface area contributed by atoms with Gasteiger partial charge >= 0.3 is 0 Å². The minimum Gasteiger partial charge on any atom is -0.387 e. The van der Waals surface area contributed by atoms with E-state index in [1.54, 1.807) is 0 Å². The molecule has 0 aliphatic rings. The van der Waals surface area contributed by atoms with Gasteiger partial charge < -0.3 is 10.4 Å². The van der Waals surface area contributed by atoms with E-state index in [4.69, 9.17) is 0 Å². The van der Waals surface area contributed by atoms with E-state index < -0.39 is 6.10 Å². The minimum absolute atomic E-state index is 0.114. The summed E-state index contributed by atoms with van der Waals surface area (Å²) in [7, 11) is 0. The molecule has 0 radical (unpaired) electrons. The molecule has 114 valence electrons. The van der Waals surface area contributed by atoms with Gasteiger partial charge in [0.15, 0.2) is 0 Å². The zero-order chi connectivity index (χ0) is 15.4. The third-order valence-corrected chi connectivity index (χ3v) is 4.65. The summed E-state index contributed by atoms with van der Waals surface area (Å²) in [5, 5.41) is 14.4. The summed E-state index contributed by atoms with van der Waals surface area (Å²) in [5.74, 6) is 0. The maximum absolute atomic E-state index is 10.9. The molecule has 0 aliphatic heterocycles. The number of aliphatic hydroxyl groups excluding tert-OH is 1. The third kappa shape index (κ3) is 3.62. The molecular weight excluding hydrogens is 246 g/mol. The zero-order valence-electron chi connectivity index (χ0n) is 14.2. The van der Waals surface area contributed by atoms with Gasteiger partial charge in [-0.05, 0) is 75.3 Å². The van der Waals surface area contributed by atoms with Crippen molar-refractivity contribution in [2.24, 2.45) is 0 Å². The first-order chi connectivity index (χ1) is 9.33. The zero-order valence-corrected chi connectivity index (χ0v) is 14.2. The van der Waals surface area contributed by atoms with Crippen LogP contribution < -0.4 is 5.32 Å². The number of benzene rings is 1. The number of hydrogen-bond acceptors (Lipinski definition) is 2. The monoisotopic (exact) mass is 277 g/mol. The first kappa shape index (κ1) is 17.2. The highest BCUT2D eigenvalue weighted by Crippen LogP contribution is 2.30. The standard InChI is InChI=1S/C18H31NO/c1-8-13(5)19-16(9-2)18(20)17-14(6)11(3)10-12(4)15(17)7/h10,13,16,18-20H,8-9H2,1-7H3. The molecule has 1 aromatic carbocycles. The highest BCUT2D eigenvalue weighted by molar-refractivity contribution is 5.45. The Morgan fingerprint density at radius 3 is 1.90 bits per heavy atom. The Balaban J connectivity index is 3.15. The van der Waals surface area contributed by atoms with Crippen LogP contribution in [0.4, 0.5) is 0 Å². The van der Waals surface area contributed by atoms with Crippen molar-refractivity contribution in [3.05, 3.63) is 33.9 Å². The molecule has 2 nitrogen and oxygen atoms in total. The maximum Gasteiger partial charge on any atom is 0.0948 e. The van der Waals surface area contributed by atoms with Gasteiger partial charge in [0.25, 0.3) is 0 Å². The molecule has 0 amide bonds. The normalized spacial score (nSPS) is 16.0. The lowest BCUT2D eigenvalue weighted by atomic mass is 9.87. The van der Waals surface area contributed by atoms with Crippen LogP contribution in [0, 0.1) is 27.7 Å². The van der Waals surface area contributed by atoms with Crippen LogP contribution >= 0.6 is 0 Å². The molecule has 0 fully saturated rings. The van der Waals surface area contributed by atoms with Gasteiger partial charge in [0.1, 0.15) is 0 Å². The van der Waals surface area contributed by atoms with E-state index in [2.05, 4.69) is 59.8 Å². The highest BCUT2D eigenvalue weighted by atomic mass is 16.3. The summed E-state index contributed by atoms with van der Waals surface area (Å²) >= 11 is 0. The van der Waals surface area contributed by atoms with E-state index in [0.29, 0.717) is 6.04 Å². The van der Waals surface area contributed by atoms with Crippen LogP contribution in [-0.2, 0) is 0 Å². The quantitative estimate of drug-likeness (QED) is 0.820. The van der Waals surface area contributed by atoms with E-state index in [1.807, 2.05) is 0 Å². The van der Waals surface area contributed by atoms with Gasteiger partial charge in [-0.1, -0.05) is 19.9 Å². The minimum atomic E-state index is -0.437. The first-order valence-electron chi connectivity index (χ1n) is 7.84. The fourth-order valence-corrected chi connectivity index (χ4v) is 2.81. The summed E-state index contributed by atoms with van der Waals surface area (Å²) in [6.45, 7) is 15.0. The van der Waals surface area contributed by atoms with E-state index in [9.17, 15) is 5.11 Å². The van der Waals surface area contributed by atoms with Gasteiger partial charge in [-0.25, -0.2) is 0 Å². The molecule has 0 spiro atoms. The largest absolute Gasteiger partial charge is 0.387 e. The van der Waals surface area contributed by atoms with Crippen molar-refractivity contribution in [2.45, 2.75) is 79.5 Å². The Kier molecular flexibility index (Phi) is 6.22. The van der Waals surface area contributed by atoms with Crippen molar-refractivity contribution in [3.63, 3.8) is 0 Å². The van der Waals surface area contributed by atoms with Crippen LogP contribution in [0.25, 0.3) is 0 Å². The van der Waals surface area contributed by atoms with E-state index >= 15 is 0 Å². The van der Waals surface area contributed by atoms with Crippen LogP contribution in [0.1, 0.15) is 67.5 Å². The topological polar surface area (TPSA) is 32.3 Å². The summed E-state index contributed by atoms with van der Waals surface area (Å²) in [4.78, 5) is 0. The molecule has 2 heteroatoms. The number of aliphatic hydroxyl groups is 1. The van der Waals surface area contributed by atoms with Crippen LogP contribution in [-0.4, -0.2) is 17.2 Å². The summed E-state index contributed by atoms with van der Waals surface area (Å²) < 4.78 is 0.